The summed E-state index contributed by atoms with van der Waals surface area (Å²) in [7, 11) is 0. The zero-order valence-corrected chi connectivity index (χ0v) is 20.4. The van der Waals surface area contributed by atoms with Gasteiger partial charge in [-0.25, -0.2) is 0 Å². The Morgan fingerprint density at radius 1 is 0.848 bits per heavy atom. The van der Waals surface area contributed by atoms with Gasteiger partial charge in [0.25, 0.3) is 0 Å². The van der Waals surface area contributed by atoms with Crippen LogP contribution < -0.4 is 0 Å². The zero-order chi connectivity index (χ0) is 24.6. The fraction of sp³-hybridized carbons (Fsp3) is 0.346. The molecule has 1 aromatic heterocycles. The molecule has 33 heavy (non-hydrogen) atoms. The van der Waals surface area contributed by atoms with Crippen LogP contribution in [0.4, 0.5) is 18.9 Å². The van der Waals surface area contributed by atoms with Gasteiger partial charge in [-0.05, 0) is 58.7 Å². The summed E-state index contributed by atoms with van der Waals surface area (Å²) in [6, 6.07) is 8.36. The van der Waals surface area contributed by atoms with Crippen LogP contribution in [0.1, 0.15) is 52.0 Å². The number of azo groups is 1. The third-order valence-electron chi connectivity index (χ3n) is 5.19. The van der Waals surface area contributed by atoms with Gasteiger partial charge in [-0.15, -0.1) is 16.5 Å². The molecule has 0 fully saturated rings. The van der Waals surface area contributed by atoms with E-state index in [4.69, 9.17) is 0 Å². The van der Waals surface area contributed by atoms with Crippen molar-refractivity contribution in [2.45, 2.75) is 47.7 Å². The second kappa shape index (κ2) is 8.86. The Morgan fingerprint density at radius 3 is 1.82 bits per heavy atom. The molecule has 1 aromatic carbocycles. The fourth-order valence-corrected chi connectivity index (χ4v) is 4.10. The number of benzene rings is 1. The first-order chi connectivity index (χ1) is 15.2. The minimum Gasteiger partial charge on any atom is -0.289 e. The molecule has 0 unspecified atom stereocenters. The Bertz CT molecular complexity index is 1120. The van der Waals surface area contributed by atoms with Gasteiger partial charge in [0.1, 0.15) is 5.70 Å². The van der Waals surface area contributed by atoms with Gasteiger partial charge in [-0.2, -0.15) is 18.3 Å². The summed E-state index contributed by atoms with van der Waals surface area (Å²) in [5.74, 6) is 0.0176. The van der Waals surface area contributed by atoms with Gasteiger partial charge in [-0.3, -0.25) is 4.79 Å². The summed E-state index contributed by atoms with van der Waals surface area (Å²) in [5, 5.41) is 10.6. The number of nitrogens with zero attached hydrogens (tertiary/aromatic N) is 2. The van der Waals surface area contributed by atoms with Crippen LogP contribution in [0.25, 0.3) is 5.70 Å². The molecular formula is C26H27F3N2OS. The van der Waals surface area contributed by atoms with Gasteiger partial charge in [0.2, 0.25) is 0 Å². The second-order valence-electron chi connectivity index (χ2n) is 9.97. The highest BCUT2D eigenvalue weighted by molar-refractivity contribution is 7.11. The number of ketones is 1. The van der Waals surface area contributed by atoms with Crippen molar-refractivity contribution in [3.8, 4) is 0 Å². The van der Waals surface area contributed by atoms with Crippen molar-refractivity contribution < 1.29 is 18.0 Å². The van der Waals surface area contributed by atoms with Crippen molar-refractivity contribution in [2.24, 2.45) is 21.1 Å². The average Bonchev–Trinajstić information content (AvgIpc) is 3.21. The van der Waals surface area contributed by atoms with Crippen molar-refractivity contribution in [1.29, 1.82) is 0 Å². The predicted octanol–water partition coefficient (Wildman–Crippen LogP) is 8.79. The lowest BCUT2D eigenvalue weighted by Gasteiger charge is -2.31. The van der Waals surface area contributed by atoms with Crippen molar-refractivity contribution in [3.63, 3.8) is 0 Å². The number of hydrogen-bond acceptors (Lipinski definition) is 4. The molecule has 0 N–H and O–H groups in total. The summed E-state index contributed by atoms with van der Waals surface area (Å²) < 4.78 is 38.6. The Morgan fingerprint density at radius 2 is 1.39 bits per heavy atom. The minimum absolute atomic E-state index is 0.0176. The summed E-state index contributed by atoms with van der Waals surface area (Å²) in [4.78, 5) is 14.1. The highest BCUT2D eigenvalue weighted by Gasteiger charge is 2.35. The van der Waals surface area contributed by atoms with E-state index in [0.717, 1.165) is 22.6 Å². The molecule has 174 valence electrons. The van der Waals surface area contributed by atoms with Crippen LogP contribution in [0.2, 0.25) is 0 Å². The monoisotopic (exact) mass is 472 g/mol. The quantitative estimate of drug-likeness (QED) is 0.412. The number of hydrogen-bond donors (Lipinski definition) is 0. The Balaban J connectivity index is 2.17. The van der Waals surface area contributed by atoms with Gasteiger partial charge in [-0.1, -0.05) is 47.6 Å². The molecule has 0 atom stereocenters. The Hall–Kier alpha value is -2.80. The van der Waals surface area contributed by atoms with Gasteiger partial charge in [0, 0.05) is 16.7 Å². The largest absolute Gasteiger partial charge is 0.416 e. The molecule has 0 spiro atoms. The van der Waals surface area contributed by atoms with Crippen LogP contribution in [0.5, 0.6) is 0 Å². The number of allylic oxidation sites excluding steroid dienone is 5. The minimum atomic E-state index is -4.41. The molecule has 0 radical (unpaired) electrons. The van der Waals surface area contributed by atoms with E-state index in [-0.39, 0.29) is 16.6 Å². The molecule has 3 nitrogen and oxygen atoms in total. The summed E-state index contributed by atoms with van der Waals surface area (Å²) >= 11 is 1.48. The number of Topliss-reactive ketones (excluding diaryl/α,β-unsaturated/α-hetero) is 1. The number of rotatable bonds is 3. The van der Waals surface area contributed by atoms with Crippen LogP contribution in [0.3, 0.4) is 0 Å². The fourth-order valence-electron chi connectivity index (χ4n) is 3.37. The summed E-state index contributed by atoms with van der Waals surface area (Å²) in [5.41, 5.74) is 1.51. The lowest BCUT2D eigenvalue weighted by Crippen LogP contribution is -2.28. The molecule has 2 aromatic rings. The van der Waals surface area contributed by atoms with Crippen molar-refractivity contribution >= 4 is 28.5 Å². The number of halogens is 3. The zero-order valence-electron chi connectivity index (χ0n) is 19.5. The maximum Gasteiger partial charge on any atom is 0.416 e. The van der Waals surface area contributed by atoms with E-state index in [1.807, 2.05) is 71.2 Å². The first-order valence-corrected chi connectivity index (χ1v) is 11.4. The molecule has 1 heterocycles. The number of alkyl halides is 3. The average molecular weight is 473 g/mol. The third kappa shape index (κ3) is 5.77. The SMILES string of the molecule is CC(C)(C)C1=CC(=C(N=Nc2ccc(C(F)(F)F)cc2)c2cccs2)C=C(C(C)(C)C)C1=O. The first kappa shape index (κ1) is 24.8. The number of carbonyl (C=O) groups excluding carboxylic acids is 1. The lowest BCUT2D eigenvalue weighted by molar-refractivity contribution is -0.137. The highest BCUT2D eigenvalue weighted by atomic mass is 32.1. The van der Waals surface area contributed by atoms with Gasteiger partial charge in [0.15, 0.2) is 5.78 Å². The third-order valence-corrected chi connectivity index (χ3v) is 6.07. The highest BCUT2D eigenvalue weighted by Crippen LogP contribution is 2.41. The predicted molar refractivity (Wildman–Crippen MR) is 127 cm³/mol. The smallest absolute Gasteiger partial charge is 0.289 e. The molecular weight excluding hydrogens is 445 g/mol. The van der Waals surface area contributed by atoms with Crippen LogP contribution in [-0.4, -0.2) is 5.78 Å². The van der Waals surface area contributed by atoms with E-state index in [2.05, 4.69) is 10.2 Å². The van der Waals surface area contributed by atoms with Crippen LogP contribution in [-0.2, 0) is 11.0 Å². The summed E-state index contributed by atoms with van der Waals surface area (Å²) in [6.45, 7) is 12.0. The van der Waals surface area contributed by atoms with Gasteiger partial charge >= 0.3 is 6.18 Å². The molecule has 7 heteroatoms. The van der Waals surface area contributed by atoms with Crippen molar-refractivity contribution in [3.05, 3.63) is 81.1 Å². The molecule has 1 aliphatic rings. The van der Waals surface area contributed by atoms with E-state index in [1.165, 1.54) is 23.5 Å². The Kier molecular flexibility index (Phi) is 6.67. The molecule has 0 aliphatic heterocycles. The molecule has 1 aliphatic carbocycles. The normalized spacial score (nSPS) is 15.7. The maximum atomic E-state index is 13.3. The number of carbonyl (C=O) groups is 1. The van der Waals surface area contributed by atoms with Crippen molar-refractivity contribution in [2.75, 3.05) is 0 Å². The Labute approximate surface area is 196 Å². The number of thiophene rings is 1. The van der Waals surface area contributed by atoms with E-state index in [1.54, 1.807) is 0 Å². The van der Waals surface area contributed by atoms with E-state index < -0.39 is 11.7 Å². The first-order valence-electron chi connectivity index (χ1n) is 10.5. The van der Waals surface area contributed by atoms with Crippen LogP contribution >= 0.6 is 11.3 Å². The maximum absolute atomic E-state index is 13.3. The van der Waals surface area contributed by atoms with E-state index in [0.29, 0.717) is 22.5 Å². The van der Waals surface area contributed by atoms with E-state index in [9.17, 15) is 18.0 Å². The van der Waals surface area contributed by atoms with E-state index >= 15 is 0 Å². The second-order valence-corrected chi connectivity index (χ2v) is 10.9. The molecule has 0 amide bonds. The molecule has 0 bridgehead atoms. The molecule has 0 saturated carbocycles. The standard InChI is InChI=1S/C26H27F3N2OS/c1-24(2,3)19-14-16(15-20(23(19)32)25(4,5)6)22(21-8-7-13-33-21)31-30-18-11-9-17(10-12-18)26(27,28)29/h7-15H,1-6H3. The molecule has 3 rings (SSSR count). The summed E-state index contributed by atoms with van der Waals surface area (Å²) in [6.07, 6.45) is -0.687. The molecule has 0 saturated heterocycles. The van der Waals surface area contributed by atoms with Crippen LogP contribution in [0.15, 0.2) is 80.9 Å². The van der Waals surface area contributed by atoms with Gasteiger partial charge in [0.05, 0.1) is 16.1 Å². The van der Waals surface area contributed by atoms with Crippen LogP contribution in [0, 0.1) is 10.8 Å². The topological polar surface area (TPSA) is 41.8 Å². The van der Waals surface area contributed by atoms with Crippen molar-refractivity contribution in [1.82, 2.24) is 0 Å². The lowest BCUT2D eigenvalue weighted by atomic mass is 9.71. The van der Waals surface area contributed by atoms with Gasteiger partial charge < -0.3 is 0 Å².